The van der Waals surface area contributed by atoms with Gasteiger partial charge in [0.15, 0.2) is 6.61 Å². The monoisotopic (exact) mass is 302 g/mol. The zero-order valence-electron chi connectivity index (χ0n) is 11.4. The fraction of sp³-hybridized carbons (Fsp3) is 0.357. The number of halogens is 3. The smallest absolute Gasteiger partial charge is 0.422 e. The number of carbonyl (C=O) groups excluding carboxylic acids is 1. The van der Waals surface area contributed by atoms with Gasteiger partial charge in [-0.05, 0) is 32.0 Å². The summed E-state index contributed by atoms with van der Waals surface area (Å²) in [4.78, 5) is 11.9. The maximum atomic E-state index is 12.1. The predicted octanol–water partition coefficient (Wildman–Crippen LogP) is 3.86. The molecule has 114 valence electrons. The first-order valence-electron chi connectivity index (χ1n) is 6.21. The second-order valence-electron chi connectivity index (χ2n) is 4.32. The molecule has 0 spiro atoms. The first kappa shape index (κ1) is 15.2. The number of esters is 1. The Hall–Kier alpha value is -2.18. The lowest BCUT2D eigenvalue weighted by molar-refractivity contribution is -0.153. The third-order valence-electron chi connectivity index (χ3n) is 2.72. The fourth-order valence-electron chi connectivity index (χ4n) is 1.91. The minimum Gasteiger partial charge on any atom is -0.484 e. The highest BCUT2D eigenvalue weighted by Crippen LogP contribution is 2.30. The highest BCUT2D eigenvalue weighted by atomic mass is 19.4. The molecule has 21 heavy (non-hydrogen) atoms. The summed E-state index contributed by atoms with van der Waals surface area (Å²) in [5.41, 5.74) is 0.583. The molecule has 0 saturated carbocycles. The van der Waals surface area contributed by atoms with Crippen molar-refractivity contribution in [1.29, 1.82) is 0 Å². The van der Waals surface area contributed by atoms with Crippen LogP contribution in [0, 0.1) is 6.92 Å². The van der Waals surface area contributed by atoms with Crippen LogP contribution in [0.4, 0.5) is 13.2 Å². The van der Waals surface area contributed by atoms with E-state index < -0.39 is 18.8 Å². The largest absolute Gasteiger partial charge is 0.484 e. The lowest BCUT2D eigenvalue weighted by Crippen LogP contribution is -2.19. The van der Waals surface area contributed by atoms with Crippen molar-refractivity contribution in [2.45, 2.75) is 20.0 Å². The van der Waals surface area contributed by atoms with Crippen LogP contribution >= 0.6 is 0 Å². The SMILES string of the molecule is CCOC(=O)c1c(C)oc2ccc(OCC(F)(F)F)cc12. The van der Waals surface area contributed by atoms with Crippen LogP contribution in [-0.4, -0.2) is 25.4 Å². The van der Waals surface area contributed by atoms with Gasteiger partial charge in [-0.2, -0.15) is 13.2 Å². The Bertz CT molecular complexity index is 658. The summed E-state index contributed by atoms with van der Waals surface area (Å²) in [6.45, 7) is 2.04. The Kier molecular flexibility index (Phi) is 4.11. The van der Waals surface area contributed by atoms with Crippen molar-refractivity contribution in [2.24, 2.45) is 0 Å². The van der Waals surface area contributed by atoms with E-state index in [2.05, 4.69) is 4.74 Å². The quantitative estimate of drug-likeness (QED) is 0.805. The van der Waals surface area contributed by atoms with Crippen molar-refractivity contribution in [2.75, 3.05) is 13.2 Å². The molecule has 0 atom stereocenters. The summed E-state index contributed by atoms with van der Waals surface area (Å²) in [5.74, 6) is -0.232. The van der Waals surface area contributed by atoms with Gasteiger partial charge in [0.05, 0.1) is 6.61 Å². The third kappa shape index (κ3) is 3.48. The molecule has 0 bridgehead atoms. The number of aryl methyl sites for hydroxylation is 1. The molecule has 0 fully saturated rings. The first-order chi connectivity index (χ1) is 9.81. The van der Waals surface area contributed by atoms with E-state index in [9.17, 15) is 18.0 Å². The summed E-state index contributed by atoms with van der Waals surface area (Å²) in [5, 5.41) is 0.366. The number of furan rings is 1. The van der Waals surface area contributed by atoms with E-state index in [1.165, 1.54) is 18.2 Å². The minimum absolute atomic E-state index is 0.00572. The predicted molar refractivity (Wildman–Crippen MR) is 68.5 cm³/mol. The number of ether oxygens (including phenoxy) is 2. The molecule has 0 aliphatic heterocycles. The van der Waals surface area contributed by atoms with Crippen LogP contribution in [0.3, 0.4) is 0 Å². The van der Waals surface area contributed by atoms with E-state index >= 15 is 0 Å². The fourth-order valence-corrected chi connectivity index (χ4v) is 1.91. The van der Waals surface area contributed by atoms with Crippen LogP contribution < -0.4 is 4.74 Å². The zero-order valence-corrected chi connectivity index (χ0v) is 11.4. The van der Waals surface area contributed by atoms with Crippen molar-refractivity contribution in [1.82, 2.24) is 0 Å². The maximum absolute atomic E-state index is 12.1. The van der Waals surface area contributed by atoms with E-state index in [0.29, 0.717) is 16.7 Å². The van der Waals surface area contributed by atoms with Crippen LogP contribution in [0.25, 0.3) is 11.0 Å². The molecule has 1 aromatic carbocycles. The summed E-state index contributed by atoms with van der Waals surface area (Å²) in [6.07, 6.45) is -4.43. The second-order valence-corrected chi connectivity index (χ2v) is 4.32. The van der Waals surface area contributed by atoms with E-state index in [4.69, 9.17) is 9.15 Å². The Morgan fingerprint density at radius 3 is 2.67 bits per heavy atom. The molecule has 0 radical (unpaired) electrons. The third-order valence-corrected chi connectivity index (χ3v) is 2.72. The summed E-state index contributed by atoms with van der Waals surface area (Å²) in [6, 6.07) is 4.15. The second kappa shape index (κ2) is 5.67. The van der Waals surface area contributed by atoms with Gasteiger partial charge in [-0.25, -0.2) is 4.79 Å². The first-order valence-corrected chi connectivity index (χ1v) is 6.21. The molecular formula is C14H13F3O4. The minimum atomic E-state index is -4.43. The lowest BCUT2D eigenvalue weighted by Gasteiger charge is -2.09. The van der Waals surface area contributed by atoms with E-state index in [0.717, 1.165) is 0 Å². The van der Waals surface area contributed by atoms with Crippen molar-refractivity contribution in [3.63, 3.8) is 0 Å². The number of benzene rings is 1. The zero-order chi connectivity index (χ0) is 15.6. The lowest BCUT2D eigenvalue weighted by atomic mass is 10.1. The molecule has 7 heteroatoms. The topological polar surface area (TPSA) is 48.7 Å². The van der Waals surface area contributed by atoms with Crippen LogP contribution in [0.5, 0.6) is 5.75 Å². The van der Waals surface area contributed by atoms with Gasteiger partial charge in [0.2, 0.25) is 0 Å². The molecule has 0 unspecified atom stereocenters. The van der Waals surface area contributed by atoms with Crippen LogP contribution in [-0.2, 0) is 4.74 Å². The average molecular weight is 302 g/mol. The molecule has 4 nitrogen and oxygen atoms in total. The summed E-state index contributed by atoms with van der Waals surface area (Å²) in [7, 11) is 0. The van der Waals surface area contributed by atoms with E-state index in [1.807, 2.05) is 0 Å². The van der Waals surface area contributed by atoms with Crippen LogP contribution in [0.15, 0.2) is 22.6 Å². The van der Waals surface area contributed by atoms with E-state index in [1.54, 1.807) is 13.8 Å². The normalized spacial score (nSPS) is 11.7. The molecule has 0 aliphatic carbocycles. The van der Waals surface area contributed by atoms with Crippen LogP contribution in [0.1, 0.15) is 23.0 Å². The molecule has 0 N–H and O–H groups in total. The molecule has 1 aromatic heterocycles. The number of alkyl halides is 3. The Labute approximate surface area is 118 Å². The number of rotatable bonds is 4. The number of hydrogen-bond donors (Lipinski definition) is 0. The Balaban J connectivity index is 2.36. The Morgan fingerprint density at radius 2 is 2.05 bits per heavy atom. The average Bonchev–Trinajstić information content (AvgIpc) is 2.71. The van der Waals surface area contributed by atoms with Gasteiger partial charge in [-0.15, -0.1) is 0 Å². The maximum Gasteiger partial charge on any atom is 0.422 e. The van der Waals surface area contributed by atoms with Gasteiger partial charge in [0.1, 0.15) is 22.7 Å². The molecule has 0 amide bonds. The molecule has 2 rings (SSSR count). The highest BCUT2D eigenvalue weighted by Gasteiger charge is 2.28. The van der Waals surface area contributed by atoms with Gasteiger partial charge in [0, 0.05) is 5.39 Å². The van der Waals surface area contributed by atoms with Crippen molar-refractivity contribution in [3.05, 3.63) is 29.5 Å². The molecular weight excluding hydrogens is 289 g/mol. The van der Waals surface area contributed by atoms with Crippen LogP contribution in [0.2, 0.25) is 0 Å². The Morgan fingerprint density at radius 1 is 1.33 bits per heavy atom. The molecule has 2 aromatic rings. The van der Waals surface area contributed by atoms with Gasteiger partial charge in [0.25, 0.3) is 0 Å². The standard InChI is InChI=1S/C14H13F3O4/c1-3-19-13(18)12-8(2)21-11-5-4-9(6-10(11)12)20-7-14(15,16)17/h4-6H,3,7H2,1-2H3. The number of carbonyl (C=O) groups is 1. The number of fused-ring (bicyclic) bond motifs is 1. The van der Waals surface area contributed by atoms with Gasteiger partial charge < -0.3 is 13.9 Å². The van der Waals surface area contributed by atoms with Gasteiger partial charge in [-0.1, -0.05) is 0 Å². The molecule has 1 heterocycles. The summed E-state index contributed by atoms with van der Waals surface area (Å²) < 4.78 is 51.4. The molecule has 0 saturated heterocycles. The summed E-state index contributed by atoms with van der Waals surface area (Å²) >= 11 is 0. The van der Waals surface area contributed by atoms with Crippen molar-refractivity contribution < 1.29 is 31.9 Å². The van der Waals surface area contributed by atoms with Crippen molar-refractivity contribution >= 4 is 16.9 Å². The molecule has 0 aliphatic rings. The van der Waals surface area contributed by atoms with E-state index in [-0.39, 0.29) is 17.9 Å². The van der Waals surface area contributed by atoms with Gasteiger partial charge in [-0.3, -0.25) is 0 Å². The van der Waals surface area contributed by atoms with Crippen molar-refractivity contribution in [3.8, 4) is 5.75 Å². The van der Waals surface area contributed by atoms with Gasteiger partial charge >= 0.3 is 12.1 Å². The highest BCUT2D eigenvalue weighted by molar-refractivity contribution is 6.04. The number of hydrogen-bond acceptors (Lipinski definition) is 4.